The molecule has 2 aliphatic carbocycles. The fourth-order valence-electron chi connectivity index (χ4n) is 3.48. The molecule has 110 valence electrons. The molecule has 3 rings (SSSR count). The fourth-order valence-corrected chi connectivity index (χ4v) is 3.48. The molecule has 0 fully saturated rings. The number of esters is 1. The summed E-state index contributed by atoms with van der Waals surface area (Å²) in [6.45, 7) is 1.94. The number of ether oxygens (including phenoxy) is 2. The van der Waals surface area contributed by atoms with Crippen molar-refractivity contribution in [2.75, 3.05) is 14.2 Å². The Morgan fingerprint density at radius 2 is 2.14 bits per heavy atom. The normalized spacial score (nSPS) is 26.7. The van der Waals surface area contributed by atoms with Gasteiger partial charge in [-0.3, -0.25) is 9.59 Å². The van der Waals surface area contributed by atoms with Crippen molar-refractivity contribution < 1.29 is 19.1 Å². The number of ketones is 1. The molecule has 0 aliphatic heterocycles. The lowest BCUT2D eigenvalue weighted by Crippen LogP contribution is -2.53. The quantitative estimate of drug-likeness (QED) is 0.469. The second kappa shape index (κ2) is 4.69. The highest BCUT2D eigenvalue weighted by atomic mass is 16.5. The molecular weight excluding hydrogens is 270 g/mol. The van der Waals surface area contributed by atoms with Gasteiger partial charge in [0.2, 0.25) is 5.88 Å². The number of fused-ring (bicyclic) bond motifs is 4. The molecule has 0 aromatic carbocycles. The Morgan fingerprint density at radius 3 is 2.81 bits per heavy atom. The number of Topliss-reactive ketones (excluding diaryl/α,β-unsaturated/α-hetero) is 1. The van der Waals surface area contributed by atoms with Crippen LogP contribution in [0.15, 0.2) is 23.8 Å². The highest BCUT2D eigenvalue weighted by Crippen LogP contribution is 2.46. The summed E-state index contributed by atoms with van der Waals surface area (Å²) in [5, 5.41) is 0. The molecule has 2 bridgehead atoms. The minimum absolute atomic E-state index is 0.0839. The average Bonchev–Trinajstić information content (AvgIpc) is 2.48. The molecule has 21 heavy (non-hydrogen) atoms. The van der Waals surface area contributed by atoms with Crippen LogP contribution in [-0.4, -0.2) is 31.0 Å². The fraction of sp³-hybridized carbons (Fsp3) is 0.438. The van der Waals surface area contributed by atoms with E-state index >= 15 is 0 Å². The van der Waals surface area contributed by atoms with Crippen LogP contribution in [0.1, 0.15) is 24.6 Å². The Kier molecular flexibility index (Phi) is 3.08. The minimum atomic E-state index is -1.24. The first-order valence-electron chi connectivity index (χ1n) is 6.87. The van der Waals surface area contributed by atoms with E-state index in [0.717, 1.165) is 11.3 Å². The van der Waals surface area contributed by atoms with Crippen molar-refractivity contribution in [3.05, 3.63) is 35.0 Å². The lowest BCUT2D eigenvalue weighted by Gasteiger charge is -2.41. The van der Waals surface area contributed by atoms with E-state index in [1.165, 1.54) is 7.11 Å². The third-order valence-electron chi connectivity index (χ3n) is 4.35. The second-order valence-corrected chi connectivity index (χ2v) is 5.61. The molecule has 0 N–H and O–H groups in total. The van der Waals surface area contributed by atoms with Crippen LogP contribution in [0.3, 0.4) is 0 Å². The SMILES string of the molecule is COC(=O)[C@]12CC(C)=C[C@H](Cc3nc(OC)ccc31)C2=O. The number of carbonyl (C=O) groups is 2. The van der Waals surface area contributed by atoms with E-state index < -0.39 is 11.4 Å². The van der Waals surface area contributed by atoms with E-state index in [1.54, 1.807) is 19.2 Å². The number of pyridine rings is 1. The molecule has 0 spiro atoms. The van der Waals surface area contributed by atoms with Crippen LogP contribution in [0, 0.1) is 5.92 Å². The summed E-state index contributed by atoms with van der Waals surface area (Å²) >= 11 is 0. The summed E-state index contributed by atoms with van der Waals surface area (Å²) in [6.07, 6.45) is 2.80. The number of aromatic nitrogens is 1. The zero-order chi connectivity index (χ0) is 15.2. The van der Waals surface area contributed by atoms with Crippen molar-refractivity contribution in [2.45, 2.75) is 25.2 Å². The molecule has 0 unspecified atom stereocenters. The van der Waals surface area contributed by atoms with Gasteiger partial charge in [-0.15, -0.1) is 0 Å². The zero-order valence-electron chi connectivity index (χ0n) is 12.3. The van der Waals surface area contributed by atoms with Crippen LogP contribution in [0.5, 0.6) is 5.88 Å². The number of rotatable bonds is 2. The molecule has 0 saturated carbocycles. The van der Waals surface area contributed by atoms with Crippen LogP contribution >= 0.6 is 0 Å². The zero-order valence-corrected chi connectivity index (χ0v) is 12.3. The van der Waals surface area contributed by atoms with Gasteiger partial charge in [0, 0.05) is 18.4 Å². The maximum absolute atomic E-state index is 12.8. The van der Waals surface area contributed by atoms with Crippen molar-refractivity contribution in [1.29, 1.82) is 0 Å². The van der Waals surface area contributed by atoms with E-state index in [0.29, 0.717) is 24.3 Å². The van der Waals surface area contributed by atoms with Crippen molar-refractivity contribution in [2.24, 2.45) is 5.92 Å². The lowest BCUT2D eigenvalue weighted by atomic mass is 9.60. The number of allylic oxidation sites excluding steroid dienone is 2. The van der Waals surface area contributed by atoms with Crippen molar-refractivity contribution in [3.63, 3.8) is 0 Å². The molecule has 1 aromatic rings. The molecule has 0 radical (unpaired) electrons. The van der Waals surface area contributed by atoms with E-state index in [-0.39, 0.29) is 11.7 Å². The Morgan fingerprint density at radius 1 is 1.38 bits per heavy atom. The Bertz CT molecular complexity index is 664. The molecule has 5 heteroatoms. The Labute approximate surface area is 123 Å². The minimum Gasteiger partial charge on any atom is -0.481 e. The first-order chi connectivity index (χ1) is 10.0. The highest BCUT2D eigenvalue weighted by molar-refractivity contribution is 6.13. The highest BCUT2D eigenvalue weighted by Gasteiger charge is 2.56. The summed E-state index contributed by atoms with van der Waals surface area (Å²) in [5.41, 5.74) is 1.19. The third kappa shape index (κ3) is 1.80. The first-order valence-corrected chi connectivity index (χ1v) is 6.87. The molecule has 0 amide bonds. The molecule has 5 nitrogen and oxygen atoms in total. The summed E-state index contributed by atoms with van der Waals surface area (Å²) in [4.78, 5) is 29.7. The predicted molar refractivity (Wildman–Crippen MR) is 75.1 cm³/mol. The van der Waals surface area contributed by atoms with E-state index in [9.17, 15) is 9.59 Å². The van der Waals surface area contributed by atoms with Crippen LogP contribution in [0.25, 0.3) is 0 Å². The van der Waals surface area contributed by atoms with Crippen molar-refractivity contribution in [1.82, 2.24) is 4.98 Å². The van der Waals surface area contributed by atoms with Crippen LogP contribution in [0.4, 0.5) is 0 Å². The van der Waals surface area contributed by atoms with Gasteiger partial charge in [0.1, 0.15) is 0 Å². The van der Waals surface area contributed by atoms with E-state index in [4.69, 9.17) is 9.47 Å². The lowest BCUT2D eigenvalue weighted by molar-refractivity contribution is -0.154. The van der Waals surface area contributed by atoms with Gasteiger partial charge in [-0.1, -0.05) is 17.7 Å². The van der Waals surface area contributed by atoms with Crippen LogP contribution in [0.2, 0.25) is 0 Å². The van der Waals surface area contributed by atoms with Gasteiger partial charge < -0.3 is 9.47 Å². The largest absolute Gasteiger partial charge is 0.481 e. The van der Waals surface area contributed by atoms with Crippen LogP contribution < -0.4 is 4.74 Å². The molecule has 2 aliphatic rings. The number of nitrogens with zero attached hydrogens (tertiary/aromatic N) is 1. The van der Waals surface area contributed by atoms with Gasteiger partial charge in [0.15, 0.2) is 11.2 Å². The Hall–Kier alpha value is -2.17. The molecule has 1 heterocycles. The average molecular weight is 287 g/mol. The third-order valence-corrected chi connectivity index (χ3v) is 4.35. The predicted octanol–water partition coefficient (Wildman–Crippen LogP) is 1.59. The van der Waals surface area contributed by atoms with Gasteiger partial charge in [-0.05, 0) is 18.9 Å². The first kappa shape index (κ1) is 13.8. The summed E-state index contributed by atoms with van der Waals surface area (Å²) in [7, 11) is 2.86. The van der Waals surface area contributed by atoms with Gasteiger partial charge in [-0.2, -0.15) is 0 Å². The van der Waals surface area contributed by atoms with Gasteiger partial charge in [0.05, 0.1) is 19.9 Å². The summed E-state index contributed by atoms with van der Waals surface area (Å²) in [5.74, 6) is -0.413. The second-order valence-electron chi connectivity index (χ2n) is 5.61. The summed E-state index contributed by atoms with van der Waals surface area (Å²) < 4.78 is 10.1. The van der Waals surface area contributed by atoms with E-state index in [1.807, 2.05) is 13.0 Å². The topological polar surface area (TPSA) is 65.5 Å². The monoisotopic (exact) mass is 287 g/mol. The number of methoxy groups -OCH3 is 2. The maximum Gasteiger partial charge on any atom is 0.324 e. The van der Waals surface area contributed by atoms with Gasteiger partial charge >= 0.3 is 5.97 Å². The molecular formula is C16H17NO4. The molecule has 2 atom stereocenters. The maximum atomic E-state index is 12.8. The van der Waals surface area contributed by atoms with E-state index in [2.05, 4.69) is 4.98 Å². The number of carbonyl (C=O) groups excluding carboxylic acids is 2. The number of hydrogen-bond donors (Lipinski definition) is 0. The van der Waals surface area contributed by atoms with Gasteiger partial charge in [0.25, 0.3) is 0 Å². The smallest absolute Gasteiger partial charge is 0.324 e. The van der Waals surface area contributed by atoms with Crippen molar-refractivity contribution >= 4 is 11.8 Å². The molecule has 0 saturated heterocycles. The van der Waals surface area contributed by atoms with Gasteiger partial charge in [-0.25, -0.2) is 4.98 Å². The Balaban J connectivity index is 2.25. The number of hydrogen-bond acceptors (Lipinski definition) is 5. The van der Waals surface area contributed by atoms with Crippen LogP contribution in [-0.2, 0) is 26.2 Å². The molecule has 1 aromatic heterocycles. The standard InChI is InChI=1S/C16H17NO4/c1-9-6-10-7-12-11(4-5-13(17-12)20-2)16(8-9,14(10)18)15(19)21-3/h4-6,10H,7-8H2,1-3H3/t10-,16-/m1/s1. The summed E-state index contributed by atoms with van der Waals surface area (Å²) in [6, 6.07) is 3.45. The van der Waals surface area contributed by atoms with Crippen molar-refractivity contribution in [3.8, 4) is 5.88 Å².